The molecular formula is C24H20ClN3O4. The number of carbonyl (C=O) groups excluding carboxylic acids is 2. The van der Waals surface area contributed by atoms with Gasteiger partial charge < -0.3 is 14.7 Å². The van der Waals surface area contributed by atoms with Crippen molar-refractivity contribution in [3.63, 3.8) is 0 Å². The summed E-state index contributed by atoms with van der Waals surface area (Å²) < 4.78 is 5.38. The van der Waals surface area contributed by atoms with Gasteiger partial charge in [0.05, 0.1) is 29.0 Å². The lowest BCUT2D eigenvalue weighted by atomic mass is 9.97. The molecule has 1 aliphatic heterocycles. The van der Waals surface area contributed by atoms with Crippen molar-refractivity contribution in [3.05, 3.63) is 94.0 Å². The number of hydrogen-bond acceptors (Lipinski definition) is 6. The fourth-order valence-electron chi connectivity index (χ4n) is 3.83. The number of hydrogen-bond donors (Lipinski definition) is 1. The molecule has 32 heavy (non-hydrogen) atoms. The van der Waals surface area contributed by atoms with Crippen molar-refractivity contribution in [3.8, 4) is 5.75 Å². The number of methoxy groups -OCH3 is 1. The van der Waals surface area contributed by atoms with E-state index < -0.39 is 17.7 Å². The molecule has 1 atom stereocenters. The summed E-state index contributed by atoms with van der Waals surface area (Å²) in [6.45, 7) is 1.93. The van der Waals surface area contributed by atoms with Gasteiger partial charge in [-0.25, -0.2) is 0 Å². The van der Waals surface area contributed by atoms with Crippen LogP contribution in [0.5, 0.6) is 5.75 Å². The van der Waals surface area contributed by atoms with Gasteiger partial charge in [0, 0.05) is 25.1 Å². The van der Waals surface area contributed by atoms with Gasteiger partial charge in [-0.3, -0.25) is 19.6 Å². The second kappa shape index (κ2) is 8.80. The molecule has 1 aromatic carbocycles. The number of amides is 1. The van der Waals surface area contributed by atoms with Crippen molar-refractivity contribution in [2.45, 2.75) is 19.5 Å². The third-order valence-electron chi connectivity index (χ3n) is 5.23. The molecule has 0 radical (unpaired) electrons. The summed E-state index contributed by atoms with van der Waals surface area (Å²) in [5.74, 6) is -1.69. The van der Waals surface area contributed by atoms with Crippen LogP contribution in [0.2, 0.25) is 5.02 Å². The Morgan fingerprint density at radius 2 is 2.00 bits per heavy atom. The van der Waals surface area contributed by atoms with E-state index in [9.17, 15) is 14.7 Å². The van der Waals surface area contributed by atoms with Gasteiger partial charge >= 0.3 is 0 Å². The van der Waals surface area contributed by atoms with Crippen LogP contribution in [-0.2, 0) is 16.1 Å². The second-order valence-corrected chi connectivity index (χ2v) is 7.78. The van der Waals surface area contributed by atoms with Gasteiger partial charge in [-0.15, -0.1) is 0 Å². The van der Waals surface area contributed by atoms with E-state index in [1.165, 1.54) is 12.0 Å². The van der Waals surface area contributed by atoms with E-state index in [1.54, 1.807) is 61.9 Å². The van der Waals surface area contributed by atoms with Crippen LogP contribution >= 0.6 is 11.6 Å². The van der Waals surface area contributed by atoms with E-state index in [2.05, 4.69) is 9.97 Å². The van der Waals surface area contributed by atoms with Crippen LogP contribution in [0.25, 0.3) is 5.76 Å². The summed E-state index contributed by atoms with van der Waals surface area (Å²) in [6.07, 6.45) is 4.82. The molecule has 7 nitrogen and oxygen atoms in total. The summed E-state index contributed by atoms with van der Waals surface area (Å²) in [6, 6.07) is 11.2. The van der Waals surface area contributed by atoms with Crippen LogP contribution in [0.4, 0.5) is 0 Å². The minimum atomic E-state index is -0.889. The van der Waals surface area contributed by atoms with Gasteiger partial charge in [-0.1, -0.05) is 23.7 Å². The average molecular weight is 450 g/mol. The number of aliphatic hydroxyl groups excluding tert-OH is 1. The maximum atomic E-state index is 13.1. The zero-order valence-corrected chi connectivity index (χ0v) is 18.2. The highest BCUT2D eigenvalue weighted by Crippen LogP contribution is 2.42. The maximum Gasteiger partial charge on any atom is 0.296 e. The maximum absolute atomic E-state index is 13.1. The molecule has 1 unspecified atom stereocenters. The molecule has 1 fully saturated rings. The molecule has 8 heteroatoms. The quantitative estimate of drug-likeness (QED) is 0.358. The normalized spacial score (nSPS) is 17.6. The number of Topliss-reactive ketones (excluding diaryl/α,β-unsaturated/α-hetero) is 1. The zero-order chi connectivity index (χ0) is 22.8. The lowest BCUT2D eigenvalue weighted by Crippen LogP contribution is -2.29. The van der Waals surface area contributed by atoms with E-state index in [-0.39, 0.29) is 34.2 Å². The Kier molecular flexibility index (Phi) is 5.92. The first-order valence-electron chi connectivity index (χ1n) is 9.85. The summed E-state index contributed by atoms with van der Waals surface area (Å²) in [7, 11) is 1.42. The number of ether oxygens (including phenoxy) is 1. The topological polar surface area (TPSA) is 92.6 Å². The van der Waals surface area contributed by atoms with E-state index in [0.717, 1.165) is 11.1 Å². The smallest absolute Gasteiger partial charge is 0.296 e. The standard InChI is InChI=1S/C24H20ClN3O4/c1-14-10-16(23(32-2)17(25)11-14)21(29)19-20(18-7-3-4-9-27-18)28(24(31)22(19)30)13-15-6-5-8-26-12-15/h3-12,20,29H,13H2,1-2H3/b21-19+. The number of likely N-dealkylation sites (tertiary alicyclic amines) is 1. The van der Waals surface area contributed by atoms with Gasteiger partial charge in [0.15, 0.2) is 0 Å². The van der Waals surface area contributed by atoms with Crippen molar-refractivity contribution in [1.82, 2.24) is 14.9 Å². The Balaban J connectivity index is 1.92. The number of ketones is 1. The molecule has 1 N–H and O–H groups in total. The predicted molar refractivity (Wildman–Crippen MR) is 119 cm³/mol. The largest absolute Gasteiger partial charge is 0.507 e. The first kappa shape index (κ1) is 21.5. The van der Waals surface area contributed by atoms with Gasteiger partial charge in [0.1, 0.15) is 17.6 Å². The summed E-state index contributed by atoms with van der Waals surface area (Å²) in [4.78, 5) is 36.0. The molecule has 162 valence electrons. The minimum Gasteiger partial charge on any atom is -0.507 e. The Morgan fingerprint density at radius 3 is 2.66 bits per heavy atom. The summed E-state index contributed by atoms with van der Waals surface area (Å²) >= 11 is 6.30. The van der Waals surface area contributed by atoms with E-state index in [4.69, 9.17) is 16.3 Å². The number of nitrogens with zero attached hydrogens (tertiary/aromatic N) is 3. The van der Waals surface area contributed by atoms with Crippen molar-refractivity contribution in [2.75, 3.05) is 7.11 Å². The highest BCUT2D eigenvalue weighted by Gasteiger charge is 2.47. The van der Waals surface area contributed by atoms with Crippen LogP contribution in [0, 0.1) is 6.92 Å². The van der Waals surface area contributed by atoms with Crippen LogP contribution < -0.4 is 4.74 Å². The SMILES string of the molecule is COc1c(Cl)cc(C)cc1/C(O)=C1\C(=O)C(=O)N(Cc2cccnc2)C1c1ccccn1. The van der Waals surface area contributed by atoms with E-state index in [0.29, 0.717) is 5.69 Å². The fraction of sp³-hybridized carbons (Fsp3) is 0.167. The molecule has 3 heterocycles. The number of rotatable bonds is 5. The van der Waals surface area contributed by atoms with Gasteiger partial charge in [-0.2, -0.15) is 0 Å². The molecule has 4 rings (SSSR count). The van der Waals surface area contributed by atoms with Crippen molar-refractivity contribution < 1.29 is 19.4 Å². The summed E-state index contributed by atoms with van der Waals surface area (Å²) in [5.41, 5.74) is 2.12. The molecule has 0 spiro atoms. The number of halogens is 1. The molecule has 1 aliphatic rings. The molecule has 0 bridgehead atoms. The molecule has 1 amide bonds. The van der Waals surface area contributed by atoms with E-state index in [1.807, 2.05) is 6.07 Å². The molecule has 1 saturated heterocycles. The first-order chi connectivity index (χ1) is 15.4. The fourth-order valence-corrected chi connectivity index (χ4v) is 4.19. The van der Waals surface area contributed by atoms with Gasteiger partial charge in [0.2, 0.25) is 0 Å². The lowest BCUT2D eigenvalue weighted by Gasteiger charge is -2.24. The summed E-state index contributed by atoms with van der Waals surface area (Å²) in [5, 5.41) is 11.6. The molecule has 0 saturated carbocycles. The Hall–Kier alpha value is -3.71. The molecule has 0 aliphatic carbocycles. The third-order valence-corrected chi connectivity index (χ3v) is 5.51. The Morgan fingerprint density at radius 1 is 1.19 bits per heavy atom. The van der Waals surface area contributed by atoms with Crippen LogP contribution in [0.3, 0.4) is 0 Å². The predicted octanol–water partition coefficient (Wildman–Crippen LogP) is 4.07. The molecular weight excluding hydrogens is 430 g/mol. The highest BCUT2D eigenvalue weighted by molar-refractivity contribution is 6.46. The second-order valence-electron chi connectivity index (χ2n) is 7.37. The third kappa shape index (κ3) is 3.83. The van der Waals surface area contributed by atoms with Crippen LogP contribution in [0.15, 0.2) is 66.6 Å². The highest BCUT2D eigenvalue weighted by atomic mass is 35.5. The molecule has 3 aromatic rings. The number of aryl methyl sites for hydroxylation is 1. The van der Waals surface area contributed by atoms with Gasteiger partial charge in [-0.05, 0) is 48.4 Å². The number of aromatic nitrogens is 2. The number of pyridine rings is 2. The van der Waals surface area contributed by atoms with Crippen molar-refractivity contribution >= 4 is 29.1 Å². The Bertz CT molecular complexity index is 1210. The first-order valence-corrected chi connectivity index (χ1v) is 10.2. The molecule has 2 aromatic heterocycles. The number of aliphatic hydroxyl groups is 1. The number of benzene rings is 1. The lowest BCUT2D eigenvalue weighted by molar-refractivity contribution is -0.140. The van der Waals surface area contributed by atoms with E-state index >= 15 is 0 Å². The van der Waals surface area contributed by atoms with Gasteiger partial charge in [0.25, 0.3) is 11.7 Å². The monoisotopic (exact) mass is 449 g/mol. The minimum absolute atomic E-state index is 0.0717. The van der Waals surface area contributed by atoms with Crippen LogP contribution in [-0.4, -0.2) is 38.8 Å². The average Bonchev–Trinajstić information content (AvgIpc) is 3.04. The van der Waals surface area contributed by atoms with Crippen molar-refractivity contribution in [1.29, 1.82) is 0 Å². The van der Waals surface area contributed by atoms with Crippen LogP contribution in [0.1, 0.15) is 28.4 Å². The number of carbonyl (C=O) groups is 2. The zero-order valence-electron chi connectivity index (χ0n) is 17.4. The van der Waals surface area contributed by atoms with Crippen molar-refractivity contribution in [2.24, 2.45) is 0 Å². The Labute approximate surface area is 190 Å².